The Hall–Kier alpha value is -1.31. The Morgan fingerprint density at radius 2 is 2.20 bits per heavy atom. The van der Waals surface area contributed by atoms with Gasteiger partial charge in [0.15, 0.2) is 0 Å². The van der Waals surface area contributed by atoms with Crippen LogP contribution in [0.4, 0.5) is 0 Å². The molecule has 0 spiro atoms. The molecule has 2 heterocycles. The summed E-state index contributed by atoms with van der Waals surface area (Å²) in [7, 11) is 0. The lowest BCUT2D eigenvalue weighted by Gasteiger charge is -2.11. The molecule has 0 saturated heterocycles. The maximum atomic E-state index is 4.55. The van der Waals surface area contributed by atoms with Crippen LogP contribution in [0.15, 0.2) is 30.7 Å². The minimum atomic E-state index is 0.613. The van der Waals surface area contributed by atoms with Crippen molar-refractivity contribution < 1.29 is 0 Å². The van der Waals surface area contributed by atoms with Crippen molar-refractivity contribution in [1.82, 2.24) is 9.38 Å². The van der Waals surface area contributed by atoms with Crippen molar-refractivity contribution in [2.45, 2.75) is 39.0 Å². The Labute approximate surface area is 91.0 Å². The number of hydrogen-bond acceptors (Lipinski definition) is 1. The van der Waals surface area contributed by atoms with E-state index in [4.69, 9.17) is 0 Å². The molecule has 0 N–H and O–H groups in total. The molecule has 0 saturated carbocycles. The lowest BCUT2D eigenvalue weighted by molar-refractivity contribution is 0.587. The number of nitrogens with zero attached hydrogens (tertiary/aromatic N) is 2. The average molecular weight is 202 g/mol. The third-order valence-electron chi connectivity index (χ3n) is 2.99. The third kappa shape index (κ3) is 1.89. The van der Waals surface area contributed by atoms with Crippen molar-refractivity contribution >= 4 is 5.52 Å². The molecule has 0 bridgehead atoms. The normalized spacial score (nSPS) is 13.2. The van der Waals surface area contributed by atoms with Gasteiger partial charge >= 0.3 is 0 Å². The molecule has 2 aromatic rings. The number of rotatable bonds is 4. The second-order valence-electron chi connectivity index (χ2n) is 4.02. The Kier molecular flexibility index (Phi) is 3.05. The van der Waals surface area contributed by atoms with Gasteiger partial charge in [0.05, 0.1) is 17.5 Å². The summed E-state index contributed by atoms with van der Waals surface area (Å²) in [4.78, 5) is 4.55. The van der Waals surface area contributed by atoms with Crippen molar-refractivity contribution in [2.75, 3.05) is 0 Å². The van der Waals surface area contributed by atoms with Crippen LogP contribution in [0.5, 0.6) is 0 Å². The van der Waals surface area contributed by atoms with E-state index < -0.39 is 0 Å². The van der Waals surface area contributed by atoms with Gasteiger partial charge in [0.1, 0.15) is 0 Å². The van der Waals surface area contributed by atoms with Crippen LogP contribution in [0.2, 0.25) is 0 Å². The minimum absolute atomic E-state index is 0.613. The first-order valence-corrected chi connectivity index (χ1v) is 5.78. The maximum absolute atomic E-state index is 4.55. The van der Waals surface area contributed by atoms with Crippen molar-refractivity contribution in [3.05, 3.63) is 36.4 Å². The average Bonchev–Trinajstić information content (AvgIpc) is 2.70. The second-order valence-corrected chi connectivity index (χ2v) is 4.02. The van der Waals surface area contributed by atoms with Gasteiger partial charge < -0.3 is 4.40 Å². The van der Waals surface area contributed by atoms with Gasteiger partial charge in [-0.05, 0) is 25.0 Å². The van der Waals surface area contributed by atoms with Crippen LogP contribution in [0, 0.1) is 0 Å². The van der Waals surface area contributed by atoms with Gasteiger partial charge in [-0.3, -0.25) is 0 Å². The summed E-state index contributed by atoms with van der Waals surface area (Å²) < 4.78 is 2.10. The zero-order valence-corrected chi connectivity index (χ0v) is 9.48. The highest BCUT2D eigenvalue weighted by Gasteiger charge is 2.13. The first kappa shape index (κ1) is 10.2. The molecule has 1 atom stereocenters. The minimum Gasteiger partial charge on any atom is -0.306 e. The van der Waals surface area contributed by atoms with Crippen LogP contribution < -0.4 is 0 Å². The van der Waals surface area contributed by atoms with Crippen LogP contribution in [0.3, 0.4) is 0 Å². The maximum Gasteiger partial charge on any atom is 0.0995 e. The fourth-order valence-electron chi connectivity index (χ4n) is 2.16. The molecule has 2 nitrogen and oxygen atoms in total. The summed E-state index contributed by atoms with van der Waals surface area (Å²) in [6, 6.07) is 6.28. The molecule has 1 unspecified atom stereocenters. The van der Waals surface area contributed by atoms with E-state index in [2.05, 4.69) is 41.6 Å². The second kappa shape index (κ2) is 4.47. The number of hydrogen-bond donors (Lipinski definition) is 0. The summed E-state index contributed by atoms with van der Waals surface area (Å²) in [5.41, 5.74) is 2.53. The molecule has 0 aliphatic rings. The van der Waals surface area contributed by atoms with Crippen molar-refractivity contribution in [2.24, 2.45) is 0 Å². The third-order valence-corrected chi connectivity index (χ3v) is 2.99. The van der Waals surface area contributed by atoms with Crippen molar-refractivity contribution in [3.8, 4) is 0 Å². The van der Waals surface area contributed by atoms with Crippen LogP contribution >= 0.6 is 0 Å². The highest BCUT2D eigenvalue weighted by molar-refractivity contribution is 5.53. The first-order valence-electron chi connectivity index (χ1n) is 5.78. The molecule has 80 valence electrons. The van der Waals surface area contributed by atoms with Crippen LogP contribution in [-0.4, -0.2) is 9.38 Å². The summed E-state index contributed by atoms with van der Waals surface area (Å²) in [5.74, 6) is 0.613. The molecule has 0 fully saturated rings. The van der Waals surface area contributed by atoms with Gasteiger partial charge in [-0.15, -0.1) is 0 Å². The van der Waals surface area contributed by atoms with E-state index in [1.807, 2.05) is 12.4 Å². The van der Waals surface area contributed by atoms with Crippen LogP contribution in [0.25, 0.3) is 5.52 Å². The molecule has 0 aliphatic heterocycles. The number of fused-ring (bicyclic) bond motifs is 1. The van der Waals surface area contributed by atoms with E-state index in [1.165, 1.54) is 30.5 Å². The molecular formula is C13H18N2. The lowest BCUT2D eigenvalue weighted by atomic mass is 9.96. The smallest absolute Gasteiger partial charge is 0.0995 e. The zero-order valence-electron chi connectivity index (χ0n) is 9.48. The number of imidazole rings is 1. The topological polar surface area (TPSA) is 17.3 Å². The van der Waals surface area contributed by atoms with Gasteiger partial charge in [0.25, 0.3) is 0 Å². The first-order chi connectivity index (χ1) is 7.36. The largest absolute Gasteiger partial charge is 0.306 e. The summed E-state index contributed by atoms with van der Waals surface area (Å²) in [6.07, 6.45) is 7.62. The van der Waals surface area contributed by atoms with Crippen LogP contribution in [-0.2, 0) is 0 Å². The quantitative estimate of drug-likeness (QED) is 0.740. The van der Waals surface area contributed by atoms with E-state index >= 15 is 0 Å². The Morgan fingerprint density at radius 1 is 1.33 bits per heavy atom. The standard InChI is InChI=1S/C13H18N2/c1-3-7-11(4-2)13-12-8-5-6-9-15(12)10-14-13/h5-6,8-11H,3-4,7H2,1-2H3. The Bertz CT molecular complexity index is 431. The molecule has 2 heteroatoms. The molecule has 0 aromatic carbocycles. The number of pyridine rings is 1. The summed E-state index contributed by atoms with van der Waals surface area (Å²) in [5, 5.41) is 0. The molecule has 15 heavy (non-hydrogen) atoms. The highest BCUT2D eigenvalue weighted by atomic mass is 15.0. The fourth-order valence-corrected chi connectivity index (χ4v) is 2.16. The van der Waals surface area contributed by atoms with Crippen molar-refractivity contribution in [1.29, 1.82) is 0 Å². The monoisotopic (exact) mass is 202 g/mol. The predicted molar refractivity (Wildman–Crippen MR) is 63.1 cm³/mol. The van der Waals surface area contributed by atoms with Gasteiger partial charge in [0.2, 0.25) is 0 Å². The molecular weight excluding hydrogens is 184 g/mol. The highest BCUT2D eigenvalue weighted by Crippen LogP contribution is 2.26. The van der Waals surface area contributed by atoms with E-state index in [0.717, 1.165) is 0 Å². The SMILES string of the molecule is CCCC(CC)c1ncn2ccccc12. The van der Waals surface area contributed by atoms with E-state index in [0.29, 0.717) is 5.92 Å². The zero-order chi connectivity index (χ0) is 10.7. The number of aromatic nitrogens is 2. The van der Waals surface area contributed by atoms with Gasteiger partial charge in [-0.2, -0.15) is 0 Å². The Morgan fingerprint density at radius 3 is 2.93 bits per heavy atom. The van der Waals surface area contributed by atoms with Gasteiger partial charge in [0, 0.05) is 12.1 Å². The molecule has 0 radical (unpaired) electrons. The van der Waals surface area contributed by atoms with E-state index in [1.54, 1.807) is 0 Å². The van der Waals surface area contributed by atoms with E-state index in [-0.39, 0.29) is 0 Å². The molecule has 2 aromatic heterocycles. The van der Waals surface area contributed by atoms with Gasteiger partial charge in [-0.25, -0.2) is 4.98 Å². The molecule has 2 rings (SSSR count). The fraction of sp³-hybridized carbons (Fsp3) is 0.462. The summed E-state index contributed by atoms with van der Waals surface area (Å²) >= 11 is 0. The predicted octanol–water partition coefficient (Wildman–Crippen LogP) is 3.63. The molecule has 0 aliphatic carbocycles. The van der Waals surface area contributed by atoms with Crippen LogP contribution in [0.1, 0.15) is 44.7 Å². The lowest BCUT2D eigenvalue weighted by Crippen LogP contribution is -1.98. The van der Waals surface area contributed by atoms with Crippen molar-refractivity contribution in [3.63, 3.8) is 0 Å². The van der Waals surface area contributed by atoms with E-state index in [9.17, 15) is 0 Å². The Balaban J connectivity index is 2.41. The molecule has 0 amide bonds. The van der Waals surface area contributed by atoms with Gasteiger partial charge in [-0.1, -0.05) is 26.3 Å². The summed E-state index contributed by atoms with van der Waals surface area (Å²) in [6.45, 7) is 4.48.